The fraction of sp³-hybridized carbons (Fsp3) is 0.269. The number of carbonyl (C=O) groups excluding carboxylic acids is 1. The molecule has 1 amide bonds. The number of nitrogens with one attached hydrogen (secondary N) is 1. The van der Waals surface area contributed by atoms with Crippen molar-refractivity contribution >= 4 is 17.3 Å². The molecule has 0 spiro atoms. The topological polar surface area (TPSA) is 41.6 Å². The third-order valence-corrected chi connectivity index (χ3v) is 5.75. The van der Waals surface area contributed by atoms with Crippen LogP contribution in [0.3, 0.4) is 0 Å². The minimum atomic E-state index is -0.0857. The molecule has 3 aromatic rings. The summed E-state index contributed by atoms with van der Waals surface area (Å²) in [6.45, 7) is 9.51. The summed E-state index contributed by atoms with van der Waals surface area (Å²) in [6, 6.07) is 20.0. The second-order valence-corrected chi connectivity index (χ2v) is 7.82. The summed E-state index contributed by atoms with van der Waals surface area (Å²) < 4.78 is 5.52. The fourth-order valence-corrected chi connectivity index (χ4v) is 4.37. The molecule has 3 aromatic carbocycles. The molecule has 0 aliphatic carbocycles. The van der Waals surface area contributed by atoms with E-state index in [1.807, 2.05) is 54.6 Å². The molecule has 0 unspecified atom stereocenters. The fourth-order valence-electron chi connectivity index (χ4n) is 4.37. The van der Waals surface area contributed by atoms with Crippen LogP contribution in [-0.2, 0) is 4.74 Å². The van der Waals surface area contributed by atoms with Crippen LogP contribution in [0.2, 0.25) is 0 Å². The Morgan fingerprint density at radius 2 is 1.57 bits per heavy atom. The van der Waals surface area contributed by atoms with Gasteiger partial charge in [-0.3, -0.25) is 4.79 Å². The van der Waals surface area contributed by atoms with Gasteiger partial charge in [-0.2, -0.15) is 0 Å². The molecule has 154 valence electrons. The quantitative estimate of drug-likeness (QED) is 0.640. The molecule has 30 heavy (non-hydrogen) atoms. The maximum atomic E-state index is 13.3. The Kier molecular flexibility index (Phi) is 5.86. The normalized spacial score (nSPS) is 13.9. The Bertz CT molecular complexity index is 1050. The van der Waals surface area contributed by atoms with Crippen LogP contribution in [0.25, 0.3) is 11.1 Å². The highest BCUT2D eigenvalue weighted by molar-refractivity contribution is 6.09. The molecule has 0 aromatic heterocycles. The third-order valence-electron chi connectivity index (χ3n) is 5.75. The minimum absolute atomic E-state index is 0.0857. The van der Waals surface area contributed by atoms with Gasteiger partial charge in [0.05, 0.1) is 13.2 Å². The second-order valence-electron chi connectivity index (χ2n) is 7.82. The number of aryl methyl sites for hydroxylation is 2. The van der Waals surface area contributed by atoms with Gasteiger partial charge in [0.25, 0.3) is 5.91 Å². The van der Waals surface area contributed by atoms with Gasteiger partial charge in [-0.05, 0) is 54.7 Å². The predicted octanol–water partition coefficient (Wildman–Crippen LogP) is 5.37. The summed E-state index contributed by atoms with van der Waals surface area (Å²) in [5.74, 6) is -0.0857. The van der Waals surface area contributed by atoms with Gasteiger partial charge in [0.15, 0.2) is 0 Å². The summed E-state index contributed by atoms with van der Waals surface area (Å²) in [4.78, 5) is 15.7. The zero-order valence-electron chi connectivity index (χ0n) is 17.9. The van der Waals surface area contributed by atoms with Crippen molar-refractivity contribution < 1.29 is 9.53 Å². The number of benzene rings is 3. The number of carbonyl (C=O) groups is 1. The van der Waals surface area contributed by atoms with Crippen molar-refractivity contribution in [3.63, 3.8) is 0 Å². The summed E-state index contributed by atoms with van der Waals surface area (Å²) in [5.41, 5.74) is 8.17. The highest BCUT2D eigenvalue weighted by Gasteiger charge is 2.21. The molecule has 4 nitrogen and oxygen atoms in total. The average molecular weight is 401 g/mol. The molecule has 4 rings (SSSR count). The van der Waals surface area contributed by atoms with Crippen molar-refractivity contribution in [2.75, 3.05) is 36.5 Å². The minimum Gasteiger partial charge on any atom is -0.378 e. The second kappa shape index (κ2) is 8.72. The Morgan fingerprint density at radius 3 is 2.30 bits per heavy atom. The Balaban J connectivity index is 1.69. The van der Waals surface area contributed by atoms with E-state index in [2.05, 4.69) is 37.1 Å². The summed E-state index contributed by atoms with van der Waals surface area (Å²) >= 11 is 0. The van der Waals surface area contributed by atoms with Gasteiger partial charge in [0, 0.05) is 30.0 Å². The average Bonchev–Trinajstić information content (AvgIpc) is 2.78. The van der Waals surface area contributed by atoms with E-state index in [0.29, 0.717) is 5.56 Å². The van der Waals surface area contributed by atoms with Gasteiger partial charge in [-0.25, -0.2) is 0 Å². The molecule has 0 saturated carbocycles. The maximum absolute atomic E-state index is 13.3. The summed E-state index contributed by atoms with van der Waals surface area (Å²) in [7, 11) is 0. The number of hydrogen-bond donors (Lipinski definition) is 1. The van der Waals surface area contributed by atoms with E-state index in [4.69, 9.17) is 4.74 Å². The largest absolute Gasteiger partial charge is 0.378 e. The SMILES string of the molecule is Cc1cc(C)c(N2CCOCC2)c(C)c1NC(=O)c1ccccc1-c1ccccc1. The van der Waals surface area contributed by atoms with Crippen molar-refractivity contribution in [2.45, 2.75) is 20.8 Å². The molecule has 1 aliphatic heterocycles. The molecule has 1 aliphatic rings. The number of nitrogens with zero attached hydrogens (tertiary/aromatic N) is 1. The van der Waals surface area contributed by atoms with Crippen molar-refractivity contribution in [3.05, 3.63) is 82.9 Å². The monoisotopic (exact) mass is 400 g/mol. The first-order valence-electron chi connectivity index (χ1n) is 10.5. The highest BCUT2D eigenvalue weighted by atomic mass is 16.5. The lowest BCUT2D eigenvalue weighted by Crippen LogP contribution is -2.37. The van der Waals surface area contributed by atoms with Crippen molar-refractivity contribution in [3.8, 4) is 11.1 Å². The van der Waals surface area contributed by atoms with Crippen LogP contribution in [0.15, 0.2) is 60.7 Å². The standard InChI is InChI=1S/C26H28N2O2/c1-18-17-19(2)25(28-13-15-30-16-14-28)20(3)24(18)27-26(29)23-12-8-7-11-22(23)21-9-5-4-6-10-21/h4-12,17H,13-16H2,1-3H3,(H,27,29). The lowest BCUT2D eigenvalue weighted by molar-refractivity contribution is 0.102. The van der Waals surface area contributed by atoms with E-state index in [1.165, 1.54) is 11.3 Å². The molecular formula is C26H28N2O2. The van der Waals surface area contributed by atoms with E-state index >= 15 is 0 Å². The zero-order chi connectivity index (χ0) is 21.1. The third kappa shape index (κ3) is 3.96. The van der Waals surface area contributed by atoms with Crippen molar-refractivity contribution in [2.24, 2.45) is 0 Å². The van der Waals surface area contributed by atoms with Gasteiger partial charge in [0.1, 0.15) is 0 Å². The van der Waals surface area contributed by atoms with Crippen molar-refractivity contribution in [1.82, 2.24) is 0 Å². The molecule has 0 radical (unpaired) electrons. The van der Waals surface area contributed by atoms with Crippen LogP contribution >= 0.6 is 0 Å². The van der Waals surface area contributed by atoms with Crippen LogP contribution in [0.5, 0.6) is 0 Å². The molecule has 4 heteroatoms. The Labute approximate surface area is 178 Å². The van der Waals surface area contributed by atoms with Gasteiger partial charge < -0.3 is 15.0 Å². The molecule has 1 heterocycles. The Morgan fingerprint density at radius 1 is 0.900 bits per heavy atom. The first-order valence-corrected chi connectivity index (χ1v) is 10.5. The maximum Gasteiger partial charge on any atom is 0.256 e. The first kappa shape index (κ1) is 20.2. The van der Waals surface area contributed by atoms with E-state index in [-0.39, 0.29) is 5.91 Å². The van der Waals surface area contributed by atoms with Gasteiger partial charge in [-0.1, -0.05) is 54.6 Å². The molecule has 1 saturated heterocycles. The van der Waals surface area contributed by atoms with Gasteiger partial charge in [0.2, 0.25) is 0 Å². The highest BCUT2D eigenvalue weighted by Crippen LogP contribution is 2.35. The molecule has 1 fully saturated rings. The number of morpholine rings is 1. The predicted molar refractivity (Wildman–Crippen MR) is 124 cm³/mol. The number of amides is 1. The molecular weight excluding hydrogens is 372 g/mol. The number of ether oxygens (including phenoxy) is 1. The van der Waals surface area contributed by atoms with Crippen LogP contribution < -0.4 is 10.2 Å². The van der Waals surface area contributed by atoms with E-state index < -0.39 is 0 Å². The van der Waals surface area contributed by atoms with E-state index in [9.17, 15) is 4.79 Å². The number of hydrogen-bond acceptors (Lipinski definition) is 3. The number of anilines is 2. The zero-order valence-corrected chi connectivity index (χ0v) is 17.9. The molecule has 0 bridgehead atoms. The van der Waals surface area contributed by atoms with E-state index in [1.54, 1.807) is 0 Å². The summed E-state index contributed by atoms with van der Waals surface area (Å²) in [6.07, 6.45) is 0. The van der Waals surface area contributed by atoms with Gasteiger partial charge in [-0.15, -0.1) is 0 Å². The smallest absolute Gasteiger partial charge is 0.256 e. The van der Waals surface area contributed by atoms with Crippen LogP contribution in [0.4, 0.5) is 11.4 Å². The van der Waals surface area contributed by atoms with Gasteiger partial charge >= 0.3 is 0 Å². The molecule has 0 atom stereocenters. The molecule has 1 N–H and O–H groups in total. The van der Waals surface area contributed by atoms with Crippen LogP contribution in [-0.4, -0.2) is 32.2 Å². The summed E-state index contributed by atoms with van der Waals surface area (Å²) in [5, 5.41) is 3.21. The lowest BCUT2D eigenvalue weighted by atomic mass is 9.97. The van der Waals surface area contributed by atoms with Crippen LogP contribution in [0.1, 0.15) is 27.0 Å². The van der Waals surface area contributed by atoms with Crippen molar-refractivity contribution in [1.29, 1.82) is 0 Å². The number of rotatable bonds is 4. The lowest BCUT2D eigenvalue weighted by Gasteiger charge is -2.32. The Hall–Kier alpha value is -3.11. The van der Waals surface area contributed by atoms with E-state index in [0.717, 1.165) is 54.2 Å². The van der Waals surface area contributed by atoms with Crippen LogP contribution in [0, 0.1) is 20.8 Å². The first-order chi connectivity index (χ1) is 14.6.